The summed E-state index contributed by atoms with van der Waals surface area (Å²) >= 11 is 3.62. The van der Waals surface area contributed by atoms with E-state index in [0.29, 0.717) is 6.04 Å². The molecule has 20 heavy (non-hydrogen) atoms. The predicted octanol–water partition coefficient (Wildman–Crippen LogP) is 5.49. The number of hydrogen-bond acceptors (Lipinski definition) is 1. The van der Waals surface area contributed by atoms with E-state index in [2.05, 4.69) is 84.5 Å². The van der Waals surface area contributed by atoms with Gasteiger partial charge in [-0.1, -0.05) is 60.1 Å². The summed E-state index contributed by atoms with van der Waals surface area (Å²) in [5, 5.41) is 3.77. The molecule has 0 radical (unpaired) electrons. The maximum atomic E-state index is 3.77. The Morgan fingerprint density at radius 1 is 1.10 bits per heavy atom. The zero-order chi connectivity index (χ0) is 14.3. The molecule has 1 atom stereocenters. The van der Waals surface area contributed by atoms with Crippen LogP contribution in [0.15, 0.2) is 46.9 Å². The van der Waals surface area contributed by atoms with Gasteiger partial charge in [-0.15, -0.1) is 0 Å². The van der Waals surface area contributed by atoms with Crippen LogP contribution in [0, 0.1) is 12.3 Å². The molecule has 3 rings (SSSR count). The van der Waals surface area contributed by atoms with Crippen molar-refractivity contribution >= 4 is 21.6 Å². The lowest BCUT2D eigenvalue weighted by atomic mass is 9.85. The number of anilines is 1. The van der Waals surface area contributed by atoms with Crippen molar-refractivity contribution in [2.45, 2.75) is 33.2 Å². The molecule has 0 heterocycles. The summed E-state index contributed by atoms with van der Waals surface area (Å²) in [6, 6.07) is 15.5. The van der Waals surface area contributed by atoms with Crippen LogP contribution in [0.25, 0.3) is 0 Å². The van der Waals surface area contributed by atoms with Gasteiger partial charge in [0.25, 0.3) is 0 Å². The van der Waals surface area contributed by atoms with Gasteiger partial charge >= 0.3 is 0 Å². The zero-order valence-corrected chi connectivity index (χ0v) is 13.8. The van der Waals surface area contributed by atoms with Crippen LogP contribution < -0.4 is 5.32 Å². The number of fused-ring (bicyclic) bond motifs is 1. The number of halogens is 1. The fraction of sp³-hybridized carbons (Fsp3) is 0.333. The molecule has 1 aliphatic rings. The van der Waals surface area contributed by atoms with Gasteiger partial charge in [0, 0.05) is 10.2 Å². The normalized spacial score (nSPS) is 19.7. The standard InChI is InChI=1S/C18H20BrN/c1-12-15(19)9-6-10-16(12)20-17-14-8-5-4-7-13(14)11-18(17,2)3/h4-10,17,20H,11H2,1-3H3. The van der Waals surface area contributed by atoms with Crippen molar-refractivity contribution in [2.75, 3.05) is 5.32 Å². The summed E-state index contributed by atoms with van der Waals surface area (Å²) in [4.78, 5) is 0. The minimum absolute atomic E-state index is 0.235. The zero-order valence-electron chi connectivity index (χ0n) is 12.2. The van der Waals surface area contributed by atoms with Gasteiger partial charge in [-0.2, -0.15) is 0 Å². The fourth-order valence-corrected chi connectivity index (χ4v) is 3.55. The molecule has 0 bridgehead atoms. The summed E-state index contributed by atoms with van der Waals surface area (Å²) in [6.45, 7) is 6.84. The van der Waals surface area contributed by atoms with Crippen molar-refractivity contribution in [2.24, 2.45) is 5.41 Å². The van der Waals surface area contributed by atoms with Crippen molar-refractivity contribution in [3.05, 3.63) is 63.6 Å². The van der Waals surface area contributed by atoms with Crippen molar-refractivity contribution in [3.63, 3.8) is 0 Å². The first-order chi connectivity index (χ1) is 9.49. The molecule has 0 aliphatic heterocycles. The molecule has 0 saturated heterocycles. The highest BCUT2D eigenvalue weighted by molar-refractivity contribution is 9.10. The average molecular weight is 330 g/mol. The Balaban J connectivity index is 1.99. The maximum Gasteiger partial charge on any atom is 0.0570 e. The van der Waals surface area contributed by atoms with Crippen LogP contribution in [0.1, 0.15) is 36.6 Å². The lowest BCUT2D eigenvalue weighted by Crippen LogP contribution is -2.24. The van der Waals surface area contributed by atoms with E-state index in [0.717, 1.165) is 10.9 Å². The second-order valence-corrected chi connectivity index (χ2v) is 7.21. The SMILES string of the molecule is Cc1c(Br)cccc1NC1c2ccccc2CC1(C)C. The molecule has 1 N–H and O–H groups in total. The van der Waals surface area contributed by atoms with E-state index < -0.39 is 0 Å². The van der Waals surface area contributed by atoms with Crippen molar-refractivity contribution < 1.29 is 0 Å². The Bertz CT molecular complexity index is 646. The van der Waals surface area contributed by atoms with Gasteiger partial charge in [0.1, 0.15) is 0 Å². The van der Waals surface area contributed by atoms with E-state index >= 15 is 0 Å². The van der Waals surface area contributed by atoms with E-state index in [1.54, 1.807) is 0 Å². The van der Waals surface area contributed by atoms with Crippen LogP contribution in [0.2, 0.25) is 0 Å². The predicted molar refractivity (Wildman–Crippen MR) is 89.2 cm³/mol. The number of nitrogens with one attached hydrogen (secondary N) is 1. The Morgan fingerprint density at radius 2 is 1.85 bits per heavy atom. The Kier molecular flexibility index (Phi) is 3.37. The molecule has 2 heteroatoms. The molecule has 0 aromatic heterocycles. The lowest BCUT2D eigenvalue weighted by molar-refractivity contribution is 0.337. The average Bonchev–Trinajstić information content (AvgIpc) is 2.66. The van der Waals surface area contributed by atoms with Gasteiger partial charge in [0.05, 0.1) is 6.04 Å². The Labute approximate surface area is 129 Å². The molecule has 0 saturated carbocycles. The van der Waals surface area contributed by atoms with E-state index in [-0.39, 0.29) is 5.41 Å². The van der Waals surface area contributed by atoms with Crippen LogP contribution in [-0.2, 0) is 6.42 Å². The van der Waals surface area contributed by atoms with Gasteiger partial charge in [0.2, 0.25) is 0 Å². The molecular weight excluding hydrogens is 310 g/mol. The van der Waals surface area contributed by atoms with Crippen LogP contribution >= 0.6 is 15.9 Å². The summed E-state index contributed by atoms with van der Waals surface area (Å²) in [5.41, 5.74) is 5.64. The summed E-state index contributed by atoms with van der Waals surface area (Å²) in [7, 11) is 0. The van der Waals surface area contributed by atoms with E-state index in [1.807, 2.05) is 0 Å². The number of rotatable bonds is 2. The maximum absolute atomic E-state index is 3.77. The molecule has 1 aliphatic carbocycles. The highest BCUT2D eigenvalue weighted by Gasteiger charge is 2.38. The summed E-state index contributed by atoms with van der Waals surface area (Å²) in [6.07, 6.45) is 1.13. The molecular formula is C18H20BrN. The topological polar surface area (TPSA) is 12.0 Å². The van der Waals surface area contributed by atoms with Gasteiger partial charge in [-0.05, 0) is 47.6 Å². The van der Waals surface area contributed by atoms with Gasteiger partial charge in [-0.3, -0.25) is 0 Å². The molecule has 1 unspecified atom stereocenters. The smallest absolute Gasteiger partial charge is 0.0570 e. The lowest BCUT2D eigenvalue weighted by Gasteiger charge is -2.30. The molecule has 2 aromatic rings. The third-order valence-electron chi connectivity index (χ3n) is 4.36. The molecule has 0 amide bonds. The highest BCUT2D eigenvalue weighted by atomic mass is 79.9. The van der Waals surface area contributed by atoms with Crippen LogP contribution in [0.3, 0.4) is 0 Å². The minimum Gasteiger partial charge on any atom is -0.377 e. The van der Waals surface area contributed by atoms with E-state index in [1.165, 1.54) is 22.4 Å². The van der Waals surface area contributed by atoms with Gasteiger partial charge < -0.3 is 5.32 Å². The molecule has 0 spiro atoms. The number of hydrogen-bond donors (Lipinski definition) is 1. The van der Waals surface area contributed by atoms with Gasteiger partial charge in [-0.25, -0.2) is 0 Å². The minimum atomic E-state index is 0.235. The first kappa shape index (κ1) is 13.7. The van der Waals surface area contributed by atoms with E-state index in [4.69, 9.17) is 0 Å². The molecule has 104 valence electrons. The quantitative estimate of drug-likeness (QED) is 0.767. The third kappa shape index (κ3) is 2.26. The molecule has 0 fully saturated rings. The monoisotopic (exact) mass is 329 g/mol. The Hall–Kier alpha value is -1.28. The third-order valence-corrected chi connectivity index (χ3v) is 5.22. The highest BCUT2D eigenvalue weighted by Crippen LogP contribution is 2.47. The van der Waals surface area contributed by atoms with Crippen molar-refractivity contribution in [1.29, 1.82) is 0 Å². The van der Waals surface area contributed by atoms with Crippen molar-refractivity contribution in [3.8, 4) is 0 Å². The van der Waals surface area contributed by atoms with E-state index in [9.17, 15) is 0 Å². The summed E-state index contributed by atoms with van der Waals surface area (Å²) in [5.74, 6) is 0. The first-order valence-electron chi connectivity index (χ1n) is 7.08. The first-order valence-corrected chi connectivity index (χ1v) is 7.88. The van der Waals surface area contributed by atoms with Crippen LogP contribution in [-0.4, -0.2) is 0 Å². The van der Waals surface area contributed by atoms with Gasteiger partial charge in [0.15, 0.2) is 0 Å². The summed E-state index contributed by atoms with van der Waals surface area (Å²) < 4.78 is 1.16. The second-order valence-electron chi connectivity index (χ2n) is 6.35. The molecule has 1 nitrogen and oxygen atoms in total. The van der Waals surface area contributed by atoms with Crippen LogP contribution in [0.4, 0.5) is 5.69 Å². The second kappa shape index (κ2) is 4.92. The molecule has 2 aromatic carbocycles. The fourth-order valence-electron chi connectivity index (χ4n) is 3.18. The van der Waals surface area contributed by atoms with Crippen molar-refractivity contribution in [1.82, 2.24) is 0 Å². The Morgan fingerprint density at radius 3 is 2.65 bits per heavy atom. The number of benzene rings is 2. The van der Waals surface area contributed by atoms with Crippen LogP contribution in [0.5, 0.6) is 0 Å². The largest absolute Gasteiger partial charge is 0.377 e.